The molecule has 0 atom stereocenters. The third kappa shape index (κ3) is 2.15. The van der Waals surface area contributed by atoms with Crippen LogP contribution in [0, 0.1) is 0 Å². The number of Topliss-reactive ketones (excluding diaryl/α,β-unsaturated/α-hetero) is 1. The summed E-state index contributed by atoms with van der Waals surface area (Å²) in [6, 6.07) is 1.67. The van der Waals surface area contributed by atoms with Gasteiger partial charge in [0.15, 0.2) is 5.78 Å². The van der Waals surface area contributed by atoms with E-state index in [0.717, 1.165) is 0 Å². The van der Waals surface area contributed by atoms with Gasteiger partial charge in [-0.3, -0.25) is 9.59 Å². The molecule has 1 aromatic rings. The lowest BCUT2D eigenvalue weighted by Crippen LogP contribution is -2.23. The molecule has 0 spiro atoms. The van der Waals surface area contributed by atoms with Crippen LogP contribution in [0.25, 0.3) is 0 Å². The molecule has 0 aromatic carbocycles. The Morgan fingerprint density at radius 2 is 2.23 bits per heavy atom. The van der Waals surface area contributed by atoms with Gasteiger partial charge in [0, 0.05) is 6.54 Å². The molecule has 0 aliphatic heterocycles. The van der Waals surface area contributed by atoms with E-state index >= 15 is 0 Å². The normalized spacial score (nSPS) is 9.69. The van der Waals surface area contributed by atoms with Gasteiger partial charge < -0.3 is 5.32 Å². The molecule has 1 aromatic heterocycles. The number of carbonyl (C=O) groups is 2. The molecule has 0 unspecified atom stereocenters. The minimum atomic E-state index is -0.172. The van der Waals surface area contributed by atoms with Crippen LogP contribution >= 0.6 is 11.3 Å². The van der Waals surface area contributed by atoms with Crippen molar-refractivity contribution in [3.05, 3.63) is 21.9 Å². The monoisotopic (exact) mass is 197 g/mol. The second-order valence-electron chi connectivity index (χ2n) is 2.58. The van der Waals surface area contributed by atoms with E-state index in [-0.39, 0.29) is 11.7 Å². The molecule has 0 bridgehead atoms. The van der Waals surface area contributed by atoms with Crippen LogP contribution in [0.3, 0.4) is 0 Å². The zero-order chi connectivity index (χ0) is 9.84. The van der Waals surface area contributed by atoms with Crippen LogP contribution in [0.2, 0.25) is 0 Å². The standard InChI is InChI=1S/C9H11NO2S/c1-3-10-9(12)7-4-5-13-8(7)6(2)11/h4-5H,3H2,1-2H3,(H,10,12). The van der Waals surface area contributed by atoms with Crippen molar-refractivity contribution in [2.24, 2.45) is 0 Å². The van der Waals surface area contributed by atoms with E-state index in [1.54, 1.807) is 11.4 Å². The lowest BCUT2D eigenvalue weighted by Gasteiger charge is -2.00. The molecule has 0 saturated heterocycles. The molecular formula is C9H11NO2S. The van der Waals surface area contributed by atoms with Gasteiger partial charge in [-0.05, 0) is 25.3 Å². The average Bonchev–Trinajstić information content (AvgIpc) is 2.52. The minimum absolute atomic E-state index is 0.0590. The van der Waals surface area contributed by atoms with Gasteiger partial charge in [0.25, 0.3) is 5.91 Å². The zero-order valence-electron chi connectivity index (χ0n) is 7.59. The summed E-state index contributed by atoms with van der Waals surface area (Å²) in [5, 5.41) is 4.41. The molecule has 0 aliphatic carbocycles. The predicted octanol–water partition coefficient (Wildman–Crippen LogP) is 1.70. The molecular weight excluding hydrogens is 186 g/mol. The molecule has 0 saturated carbocycles. The number of carbonyl (C=O) groups excluding carboxylic acids is 2. The van der Waals surface area contributed by atoms with Crippen LogP contribution < -0.4 is 5.32 Å². The molecule has 70 valence electrons. The van der Waals surface area contributed by atoms with Gasteiger partial charge in [-0.2, -0.15) is 0 Å². The number of nitrogens with one attached hydrogen (secondary N) is 1. The number of amides is 1. The maximum atomic E-state index is 11.4. The van der Waals surface area contributed by atoms with Gasteiger partial charge in [-0.25, -0.2) is 0 Å². The van der Waals surface area contributed by atoms with Crippen molar-refractivity contribution in [3.63, 3.8) is 0 Å². The van der Waals surface area contributed by atoms with Crippen LogP contribution in [0.15, 0.2) is 11.4 Å². The first-order valence-corrected chi connectivity index (χ1v) is 4.91. The maximum Gasteiger partial charge on any atom is 0.252 e. The Hall–Kier alpha value is -1.16. The Kier molecular flexibility index (Phi) is 3.19. The Labute approximate surface area is 80.8 Å². The largest absolute Gasteiger partial charge is 0.352 e. The van der Waals surface area contributed by atoms with Crippen molar-refractivity contribution in [3.8, 4) is 0 Å². The summed E-state index contributed by atoms with van der Waals surface area (Å²) in [7, 11) is 0. The summed E-state index contributed by atoms with van der Waals surface area (Å²) in [5.41, 5.74) is 0.486. The van der Waals surface area contributed by atoms with Gasteiger partial charge in [0.2, 0.25) is 0 Å². The number of hydrogen-bond acceptors (Lipinski definition) is 3. The van der Waals surface area contributed by atoms with Gasteiger partial charge in [0.05, 0.1) is 10.4 Å². The molecule has 4 heteroatoms. The molecule has 1 heterocycles. The lowest BCUT2D eigenvalue weighted by atomic mass is 10.2. The summed E-state index contributed by atoms with van der Waals surface area (Å²) in [4.78, 5) is 23.0. The highest BCUT2D eigenvalue weighted by Gasteiger charge is 2.14. The molecule has 3 nitrogen and oxygen atoms in total. The molecule has 0 radical (unpaired) electrons. The first kappa shape index (κ1) is 9.92. The number of thiophene rings is 1. The molecule has 1 N–H and O–H groups in total. The van der Waals surface area contributed by atoms with Gasteiger partial charge in [-0.1, -0.05) is 0 Å². The van der Waals surface area contributed by atoms with Crippen LogP contribution in [0.5, 0.6) is 0 Å². The predicted molar refractivity (Wildman–Crippen MR) is 52.3 cm³/mol. The van der Waals surface area contributed by atoms with E-state index in [4.69, 9.17) is 0 Å². The van der Waals surface area contributed by atoms with Crippen molar-refractivity contribution < 1.29 is 9.59 Å². The maximum absolute atomic E-state index is 11.4. The second-order valence-corrected chi connectivity index (χ2v) is 3.50. The molecule has 1 amide bonds. The number of hydrogen-bond donors (Lipinski definition) is 1. The average molecular weight is 197 g/mol. The molecule has 13 heavy (non-hydrogen) atoms. The Morgan fingerprint density at radius 3 is 2.77 bits per heavy atom. The quantitative estimate of drug-likeness (QED) is 0.750. The van der Waals surface area contributed by atoms with Gasteiger partial charge in [-0.15, -0.1) is 11.3 Å². The van der Waals surface area contributed by atoms with Crippen LogP contribution in [0.4, 0.5) is 0 Å². The van der Waals surface area contributed by atoms with Crippen molar-refractivity contribution in [1.29, 1.82) is 0 Å². The lowest BCUT2D eigenvalue weighted by molar-refractivity contribution is 0.0942. The topological polar surface area (TPSA) is 46.2 Å². The van der Waals surface area contributed by atoms with Crippen LogP contribution in [-0.4, -0.2) is 18.2 Å². The SMILES string of the molecule is CCNC(=O)c1ccsc1C(C)=O. The first-order chi connectivity index (χ1) is 6.16. The summed E-state index contributed by atoms with van der Waals surface area (Å²) in [6.07, 6.45) is 0. The number of rotatable bonds is 3. The molecule has 0 aliphatic rings. The Balaban J connectivity index is 2.93. The van der Waals surface area contributed by atoms with E-state index in [1.165, 1.54) is 18.3 Å². The van der Waals surface area contributed by atoms with Gasteiger partial charge in [0.1, 0.15) is 0 Å². The fourth-order valence-corrected chi connectivity index (χ4v) is 1.81. The molecule has 1 rings (SSSR count). The smallest absolute Gasteiger partial charge is 0.252 e. The number of ketones is 1. The fourth-order valence-electron chi connectivity index (χ4n) is 1.02. The van der Waals surface area contributed by atoms with Crippen molar-refractivity contribution in [2.75, 3.05) is 6.54 Å². The van der Waals surface area contributed by atoms with Crippen LogP contribution in [-0.2, 0) is 0 Å². The van der Waals surface area contributed by atoms with E-state index in [1.807, 2.05) is 6.92 Å². The second kappa shape index (κ2) is 4.18. The zero-order valence-corrected chi connectivity index (χ0v) is 8.40. The minimum Gasteiger partial charge on any atom is -0.352 e. The Bertz CT molecular complexity index is 330. The van der Waals surface area contributed by atoms with Crippen LogP contribution in [0.1, 0.15) is 33.9 Å². The third-order valence-corrected chi connectivity index (χ3v) is 2.58. The summed E-state index contributed by atoms with van der Waals surface area (Å²) < 4.78 is 0. The van der Waals surface area contributed by atoms with E-state index in [0.29, 0.717) is 17.0 Å². The fraction of sp³-hybridized carbons (Fsp3) is 0.333. The highest BCUT2D eigenvalue weighted by molar-refractivity contribution is 7.12. The van der Waals surface area contributed by atoms with E-state index in [2.05, 4.69) is 5.32 Å². The van der Waals surface area contributed by atoms with E-state index in [9.17, 15) is 9.59 Å². The summed E-state index contributed by atoms with van der Waals surface area (Å²) in [6.45, 7) is 3.89. The highest BCUT2D eigenvalue weighted by Crippen LogP contribution is 2.16. The third-order valence-electron chi connectivity index (χ3n) is 1.57. The van der Waals surface area contributed by atoms with Crippen molar-refractivity contribution in [2.45, 2.75) is 13.8 Å². The Morgan fingerprint density at radius 1 is 1.54 bits per heavy atom. The van der Waals surface area contributed by atoms with Crippen molar-refractivity contribution in [1.82, 2.24) is 5.32 Å². The summed E-state index contributed by atoms with van der Waals surface area (Å²) >= 11 is 1.30. The summed E-state index contributed by atoms with van der Waals surface area (Å²) in [5.74, 6) is -0.231. The first-order valence-electron chi connectivity index (χ1n) is 4.03. The molecule has 0 fully saturated rings. The van der Waals surface area contributed by atoms with Gasteiger partial charge >= 0.3 is 0 Å². The highest BCUT2D eigenvalue weighted by atomic mass is 32.1. The van der Waals surface area contributed by atoms with Crippen molar-refractivity contribution >= 4 is 23.0 Å². The van der Waals surface area contributed by atoms with E-state index < -0.39 is 0 Å².